The summed E-state index contributed by atoms with van der Waals surface area (Å²) < 4.78 is 2.57. The Balaban J connectivity index is 2.32. The Bertz CT molecular complexity index is 371. The Hall–Kier alpha value is -0.480. The molecule has 0 bridgehead atoms. The van der Waals surface area contributed by atoms with Gasteiger partial charge in [0, 0.05) is 29.6 Å². The first kappa shape index (κ1) is 15.6. The second kappa shape index (κ2) is 6.62. The maximum atomic E-state index is 4.32. The van der Waals surface area contributed by atoms with Crippen molar-refractivity contribution in [2.24, 2.45) is 0 Å². The third kappa shape index (κ3) is 4.65. The smallest absolute Gasteiger partial charge is 0.0951 e. The SMILES string of the molecule is CSC(C)(C)CC(C)NCCn1cnc(C)c1C. The zero-order valence-electron chi connectivity index (χ0n) is 12.6. The van der Waals surface area contributed by atoms with E-state index in [9.17, 15) is 0 Å². The average molecular weight is 269 g/mol. The van der Waals surface area contributed by atoms with Crippen molar-refractivity contribution in [2.45, 2.75) is 58.4 Å². The predicted molar refractivity (Wildman–Crippen MR) is 81.4 cm³/mol. The van der Waals surface area contributed by atoms with Crippen LogP contribution in [0.1, 0.15) is 38.6 Å². The molecule has 1 heterocycles. The van der Waals surface area contributed by atoms with E-state index in [2.05, 4.69) is 55.7 Å². The lowest BCUT2D eigenvalue weighted by Gasteiger charge is -2.26. The van der Waals surface area contributed by atoms with Crippen molar-refractivity contribution in [3.63, 3.8) is 0 Å². The fourth-order valence-electron chi connectivity index (χ4n) is 2.09. The van der Waals surface area contributed by atoms with E-state index >= 15 is 0 Å². The minimum absolute atomic E-state index is 0.355. The van der Waals surface area contributed by atoms with Crippen LogP contribution in [0.5, 0.6) is 0 Å². The van der Waals surface area contributed by atoms with Gasteiger partial charge < -0.3 is 9.88 Å². The van der Waals surface area contributed by atoms with Crippen molar-refractivity contribution in [1.82, 2.24) is 14.9 Å². The van der Waals surface area contributed by atoms with E-state index in [0.717, 1.165) is 18.8 Å². The molecule has 0 aliphatic carbocycles. The van der Waals surface area contributed by atoms with Gasteiger partial charge in [-0.1, -0.05) is 13.8 Å². The molecule has 0 spiro atoms. The summed E-state index contributed by atoms with van der Waals surface area (Å²) >= 11 is 1.94. The number of imidazole rings is 1. The summed E-state index contributed by atoms with van der Waals surface area (Å²) in [5.41, 5.74) is 2.40. The number of nitrogens with zero attached hydrogens (tertiary/aromatic N) is 2. The van der Waals surface area contributed by atoms with Crippen LogP contribution in [0.4, 0.5) is 0 Å². The molecule has 0 aliphatic rings. The highest BCUT2D eigenvalue weighted by molar-refractivity contribution is 7.99. The second-order valence-electron chi connectivity index (χ2n) is 5.63. The van der Waals surface area contributed by atoms with Gasteiger partial charge in [-0.2, -0.15) is 11.8 Å². The second-order valence-corrected chi connectivity index (χ2v) is 7.15. The maximum absolute atomic E-state index is 4.32. The minimum Gasteiger partial charge on any atom is -0.333 e. The van der Waals surface area contributed by atoms with Gasteiger partial charge in [-0.15, -0.1) is 0 Å². The van der Waals surface area contributed by atoms with Gasteiger partial charge in [-0.05, 0) is 33.4 Å². The molecule has 0 aliphatic heterocycles. The minimum atomic E-state index is 0.355. The molecule has 0 saturated carbocycles. The normalized spacial score (nSPS) is 13.9. The molecule has 104 valence electrons. The highest BCUT2D eigenvalue weighted by atomic mass is 32.2. The molecule has 1 aromatic rings. The first-order chi connectivity index (χ1) is 8.35. The molecule has 0 fully saturated rings. The number of hydrogen-bond acceptors (Lipinski definition) is 3. The molecule has 4 heteroatoms. The topological polar surface area (TPSA) is 29.9 Å². The molecular weight excluding hydrogens is 242 g/mol. The van der Waals surface area contributed by atoms with E-state index in [1.165, 1.54) is 12.1 Å². The van der Waals surface area contributed by atoms with Crippen molar-refractivity contribution in [1.29, 1.82) is 0 Å². The fourth-order valence-corrected chi connectivity index (χ4v) is 2.51. The highest BCUT2D eigenvalue weighted by Gasteiger charge is 2.19. The number of aryl methyl sites for hydroxylation is 1. The standard InChI is InChI=1S/C14H27N3S/c1-11(9-14(4,5)18-6)15-7-8-17-10-16-12(2)13(17)3/h10-11,15H,7-9H2,1-6H3. The molecule has 1 unspecified atom stereocenters. The largest absolute Gasteiger partial charge is 0.333 e. The predicted octanol–water partition coefficient (Wildman–Crippen LogP) is 3.01. The van der Waals surface area contributed by atoms with Crippen molar-refractivity contribution < 1.29 is 0 Å². The zero-order valence-corrected chi connectivity index (χ0v) is 13.4. The maximum Gasteiger partial charge on any atom is 0.0951 e. The van der Waals surface area contributed by atoms with Crippen LogP contribution in [-0.2, 0) is 6.54 Å². The zero-order chi connectivity index (χ0) is 13.8. The van der Waals surface area contributed by atoms with Crippen LogP contribution < -0.4 is 5.32 Å². The lowest BCUT2D eigenvalue weighted by atomic mass is 10.0. The molecule has 0 radical (unpaired) electrons. The van der Waals surface area contributed by atoms with Gasteiger partial charge >= 0.3 is 0 Å². The number of aromatic nitrogens is 2. The summed E-state index contributed by atoms with van der Waals surface area (Å²) in [6.07, 6.45) is 5.31. The van der Waals surface area contributed by atoms with Gasteiger partial charge in [0.15, 0.2) is 0 Å². The van der Waals surface area contributed by atoms with Crippen LogP contribution in [-0.4, -0.2) is 33.1 Å². The van der Waals surface area contributed by atoms with Gasteiger partial charge in [0.05, 0.1) is 12.0 Å². The Kier molecular flexibility index (Phi) is 5.73. The number of thioether (sulfide) groups is 1. The summed E-state index contributed by atoms with van der Waals surface area (Å²) in [5, 5.41) is 3.60. The molecule has 0 amide bonds. The molecule has 1 rings (SSSR count). The fraction of sp³-hybridized carbons (Fsp3) is 0.786. The lowest BCUT2D eigenvalue weighted by molar-refractivity contribution is 0.451. The molecule has 0 saturated heterocycles. The molecule has 1 N–H and O–H groups in total. The van der Waals surface area contributed by atoms with Crippen LogP contribution in [0.25, 0.3) is 0 Å². The summed E-state index contributed by atoms with van der Waals surface area (Å²) in [5.74, 6) is 0. The van der Waals surface area contributed by atoms with E-state index in [0.29, 0.717) is 10.8 Å². The Morgan fingerprint density at radius 2 is 2.11 bits per heavy atom. The van der Waals surface area contributed by atoms with Gasteiger partial charge in [0.2, 0.25) is 0 Å². The van der Waals surface area contributed by atoms with Crippen molar-refractivity contribution >= 4 is 11.8 Å². The number of nitrogens with one attached hydrogen (secondary N) is 1. The van der Waals surface area contributed by atoms with E-state index in [4.69, 9.17) is 0 Å². The van der Waals surface area contributed by atoms with E-state index < -0.39 is 0 Å². The van der Waals surface area contributed by atoms with E-state index in [1.54, 1.807) is 0 Å². The van der Waals surface area contributed by atoms with E-state index in [-0.39, 0.29) is 0 Å². The molecule has 1 atom stereocenters. The van der Waals surface area contributed by atoms with Crippen molar-refractivity contribution in [3.8, 4) is 0 Å². The van der Waals surface area contributed by atoms with Crippen molar-refractivity contribution in [2.75, 3.05) is 12.8 Å². The summed E-state index contributed by atoms with van der Waals surface area (Å²) in [6, 6.07) is 0.553. The van der Waals surface area contributed by atoms with Crippen LogP contribution >= 0.6 is 11.8 Å². The summed E-state index contributed by atoms with van der Waals surface area (Å²) in [7, 11) is 0. The number of rotatable bonds is 7. The molecule has 1 aromatic heterocycles. The Labute approximate surface area is 116 Å². The average Bonchev–Trinajstić information content (AvgIpc) is 2.60. The van der Waals surface area contributed by atoms with E-state index in [1.807, 2.05) is 18.1 Å². The summed E-state index contributed by atoms with van der Waals surface area (Å²) in [6.45, 7) is 13.1. The van der Waals surface area contributed by atoms with Gasteiger partial charge in [0.25, 0.3) is 0 Å². The van der Waals surface area contributed by atoms with Gasteiger partial charge in [0.1, 0.15) is 0 Å². The number of hydrogen-bond donors (Lipinski definition) is 1. The van der Waals surface area contributed by atoms with Gasteiger partial charge in [-0.3, -0.25) is 0 Å². The summed E-state index contributed by atoms with van der Waals surface area (Å²) in [4.78, 5) is 4.32. The van der Waals surface area contributed by atoms with Crippen LogP contribution in [0, 0.1) is 13.8 Å². The molecule has 18 heavy (non-hydrogen) atoms. The Morgan fingerprint density at radius 1 is 1.44 bits per heavy atom. The molecular formula is C14H27N3S. The first-order valence-electron chi connectivity index (χ1n) is 6.62. The third-order valence-electron chi connectivity index (χ3n) is 3.54. The Morgan fingerprint density at radius 3 is 2.61 bits per heavy atom. The quantitative estimate of drug-likeness (QED) is 0.825. The van der Waals surface area contributed by atoms with Crippen LogP contribution in [0.15, 0.2) is 6.33 Å². The van der Waals surface area contributed by atoms with Gasteiger partial charge in [-0.25, -0.2) is 4.98 Å². The monoisotopic (exact) mass is 269 g/mol. The third-order valence-corrected chi connectivity index (χ3v) is 4.81. The molecule has 0 aromatic carbocycles. The van der Waals surface area contributed by atoms with Crippen molar-refractivity contribution in [3.05, 3.63) is 17.7 Å². The molecule has 3 nitrogen and oxygen atoms in total. The first-order valence-corrected chi connectivity index (χ1v) is 7.85. The lowest BCUT2D eigenvalue weighted by Crippen LogP contribution is -2.34. The van der Waals surface area contributed by atoms with Crippen LogP contribution in [0.3, 0.4) is 0 Å². The van der Waals surface area contributed by atoms with Crippen LogP contribution in [0.2, 0.25) is 0 Å². The highest BCUT2D eigenvalue weighted by Crippen LogP contribution is 2.26.